The molecule has 6 nitrogen and oxygen atoms in total. The fourth-order valence-electron chi connectivity index (χ4n) is 3.16. The van der Waals surface area contributed by atoms with Gasteiger partial charge in [0.25, 0.3) is 11.6 Å². The van der Waals surface area contributed by atoms with Gasteiger partial charge in [0.05, 0.1) is 11.5 Å². The molecule has 1 aliphatic rings. The van der Waals surface area contributed by atoms with E-state index in [0.717, 1.165) is 11.1 Å². The zero-order valence-electron chi connectivity index (χ0n) is 15.4. The largest absolute Gasteiger partial charge is 0.286 e. The first-order valence-corrected chi connectivity index (χ1v) is 9.08. The predicted molar refractivity (Wildman–Crippen MR) is 111 cm³/mol. The summed E-state index contributed by atoms with van der Waals surface area (Å²) in [5.74, 6) is 0.329. The standard InChI is InChI=1S/C23H17N3O3/c27-23-21(15-18-10-7-13-20(14-18)26(28)29)24-22(19-11-5-2-6-12-19)25(23)16-17-8-3-1-4-9-17/h1-15H,16H2. The number of non-ortho nitro benzene ring substituents is 1. The quantitative estimate of drug-likeness (QED) is 0.372. The molecule has 3 aromatic rings. The molecule has 142 valence electrons. The van der Waals surface area contributed by atoms with Crippen LogP contribution in [0.2, 0.25) is 0 Å². The Morgan fingerprint density at radius 3 is 2.31 bits per heavy atom. The third-order valence-electron chi connectivity index (χ3n) is 4.55. The number of nitrogens with zero attached hydrogens (tertiary/aromatic N) is 3. The van der Waals surface area contributed by atoms with Gasteiger partial charge in [0.15, 0.2) is 0 Å². The predicted octanol–water partition coefficient (Wildman–Crippen LogP) is 4.42. The lowest BCUT2D eigenvalue weighted by molar-refractivity contribution is -0.384. The molecule has 0 fully saturated rings. The van der Waals surface area contributed by atoms with Gasteiger partial charge in [-0.25, -0.2) is 4.99 Å². The number of aliphatic imine (C=N–C) groups is 1. The summed E-state index contributed by atoms with van der Waals surface area (Å²) in [5.41, 5.74) is 2.60. The summed E-state index contributed by atoms with van der Waals surface area (Å²) in [7, 11) is 0. The molecule has 0 aromatic heterocycles. The van der Waals surface area contributed by atoms with Crippen LogP contribution >= 0.6 is 0 Å². The van der Waals surface area contributed by atoms with E-state index in [0.29, 0.717) is 17.9 Å². The van der Waals surface area contributed by atoms with E-state index in [1.165, 1.54) is 12.1 Å². The highest BCUT2D eigenvalue weighted by Gasteiger charge is 2.31. The van der Waals surface area contributed by atoms with Crippen molar-refractivity contribution in [3.63, 3.8) is 0 Å². The summed E-state index contributed by atoms with van der Waals surface area (Å²) in [5, 5.41) is 11.0. The smallest absolute Gasteiger partial charge is 0.278 e. The molecule has 4 rings (SSSR count). The van der Waals surface area contributed by atoms with E-state index in [2.05, 4.69) is 4.99 Å². The molecular formula is C23H17N3O3. The van der Waals surface area contributed by atoms with E-state index in [-0.39, 0.29) is 17.3 Å². The average molecular weight is 383 g/mol. The molecule has 0 radical (unpaired) electrons. The lowest BCUT2D eigenvalue weighted by atomic mass is 10.1. The number of carbonyl (C=O) groups is 1. The number of hydrogen-bond acceptors (Lipinski definition) is 4. The Labute approximate surface area is 167 Å². The van der Waals surface area contributed by atoms with Gasteiger partial charge in [-0.05, 0) is 17.2 Å². The topological polar surface area (TPSA) is 75.8 Å². The summed E-state index contributed by atoms with van der Waals surface area (Å²) in [6.45, 7) is 0.389. The minimum atomic E-state index is -0.459. The number of carbonyl (C=O) groups excluding carboxylic acids is 1. The van der Waals surface area contributed by atoms with Crippen LogP contribution in [-0.4, -0.2) is 21.6 Å². The molecule has 0 aliphatic carbocycles. The van der Waals surface area contributed by atoms with E-state index in [4.69, 9.17) is 0 Å². The maximum absolute atomic E-state index is 13.1. The van der Waals surface area contributed by atoms with E-state index >= 15 is 0 Å². The molecular weight excluding hydrogens is 366 g/mol. The summed E-state index contributed by atoms with van der Waals surface area (Å²) < 4.78 is 0. The number of benzene rings is 3. The second-order valence-electron chi connectivity index (χ2n) is 6.56. The fourth-order valence-corrected chi connectivity index (χ4v) is 3.16. The molecule has 0 spiro atoms. The van der Waals surface area contributed by atoms with E-state index in [1.54, 1.807) is 23.1 Å². The number of hydrogen-bond donors (Lipinski definition) is 0. The third-order valence-corrected chi connectivity index (χ3v) is 4.55. The molecule has 0 N–H and O–H groups in total. The summed E-state index contributed by atoms with van der Waals surface area (Å²) >= 11 is 0. The Morgan fingerprint density at radius 2 is 1.62 bits per heavy atom. The van der Waals surface area contributed by atoms with Gasteiger partial charge in [-0.1, -0.05) is 72.8 Å². The molecule has 29 heavy (non-hydrogen) atoms. The molecule has 0 saturated heterocycles. The lowest BCUT2D eigenvalue weighted by Crippen LogP contribution is -2.32. The number of nitro benzene ring substituents is 1. The van der Waals surface area contributed by atoms with Gasteiger partial charge < -0.3 is 0 Å². The maximum atomic E-state index is 13.1. The Balaban J connectivity index is 1.74. The number of nitro groups is 1. The van der Waals surface area contributed by atoms with Gasteiger partial charge in [-0.3, -0.25) is 19.8 Å². The summed E-state index contributed by atoms with van der Waals surface area (Å²) in [6, 6.07) is 25.3. The fraction of sp³-hybridized carbons (Fsp3) is 0.0435. The van der Waals surface area contributed by atoms with Crippen molar-refractivity contribution in [1.29, 1.82) is 0 Å². The normalized spacial score (nSPS) is 14.9. The molecule has 1 heterocycles. The van der Waals surface area contributed by atoms with E-state index < -0.39 is 4.92 Å². The van der Waals surface area contributed by atoms with Crippen LogP contribution in [0.3, 0.4) is 0 Å². The molecule has 1 amide bonds. The number of amides is 1. The first-order chi connectivity index (χ1) is 14.1. The molecule has 0 unspecified atom stereocenters. The first kappa shape index (κ1) is 18.3. The van der Waals surface area contributed by atoms with Crippen molar-refractivity contribution in [3.8, 4) is 0 Å². The highest BCUT2D eigenvalue weighted by atomic mass is 16.6. The van der Waals surface area contributed by atoms with E-state index in [1.807, 2.05) is 60.7 Å². The Kier molecular flexibility index (Phi) is 4.99. The Hall–Kier alpha value is -4.06. The Morgan fingerprint density at radius 1 is 0.931 bits per heavy atom. The number of rotatable bonds is 5. The van der Waals surface area contributed by atoms with Crippen LogP contribution in [0, 0.1) is 10.1 Å². The van der Waals surface area contributed by atoms with Crippen LogP contribution in [0.1, 0.15) is 16.7 Å². The van der Waals surface area contributed by atoms with Crippen molar-refractivity contribution < 1.29 is 9.72 Å². The van der Waals surface area contributed by atoms with Crippen molar-refractivity contribution in [1.82, 2.24) is 4.90 Å². The van der Waals surface area contributed by atoms with Crippen molar-refractivity contribution in [2.45, 2.75) is 6.54 Å². The SMILES string of the molecule is O=C1C(=Cc2cccc([N+](=O)[O-])c2)N=C(c2ccccc2)N1Cc1ccccc1. The van der Waals surface area contributed by atoms with Crippen LogP contribution in [-0.2, 0) is 11.3 Å². The highest BCUT2D eigenvalue weighted by molar-refractivity contribution is 6.19. The van der Waals surface area contributed by atoms with Crippen molar-refractivity contribution in [3.05, 3.63) is 117 Å². The lowest BCUT2D eigenvalue weighted by Gasteiger charge is -2.18. The first-order valence-electron chi connectivity index (χ1n) is 9.08. The monoisotopic (exact) mass is 383 g/mol. The minimum Gasteiger partial charge on any atom is -0.286 e. The molecule has 0 atom stereocenters. The van der Waals surface area contributed by atoms with Gasteiger partial charge in [0.2, 0.25) is 0 Å². The second kappa shape index (κ2) is 7.90. The van der Waals surface area contributed by atoms with Gasteiger partial charge in [-0.2, -0.15) is 0 Å². The van der Waals surface area contributed by atoms with Crippen molar-refractivity contribution in [2.24, 2.45) is 4.99 Å². The summed E-state index contributed by atoms with van der Waals surface area (Å²) in [6.07, 6.45) is 1.59. The molecule has 1 aliphatic heterocycles. The van der Waals surface area contributed by atoms with Gasteiger partial charge in [0, 0.05) is 17.7 Å². The highest BCUT2D eigenvalue weighted by Crippen LogP contribution is 2.25. The average Bonchev–Trinajstić information content (AvgIpc) is 3.05. The zero-order chi connectivity index (χ0) is 20.2. The van der Waals surface area contributed by atoms with Crippen LogP contribution in [0.15, 0.2) is 95.6 Å². The zero-order valence-corrected chi connectivity index (χ0v) is 15.4. The molecule has 3 aromatic carbocycles. The van der Waals surface area contributed by atoms with Crippen LogP contribution in [0.4, 0.5) is 5.69 Å². The van der Waals surface area contributed by atoms with Crippen molar-refractivity contribution >= 4 is 23.5 Å². The van der Waals surface area contributed by atoms with Crippen molar-refractivity contribution in [2.75, 3.05) is 0 Å². The number of amidine groups is 1. The minimum absolute atomic E-state index is 0.0294. The Bertz CT molecular complexity index is 1120. The maximum Gasteiger partial charge on any atom is 0.278 e. The van der Waals surface area contributed by atoms with Crippen LogP contribution < -0.4 is 0 Å². The molecule has 0 bridgehead atoms. The van der Waals surface area contributed by atoms with Gasteiger partial charge in [-0.15, -0.1) is 0 Å². The molecule has 0 saturated carbocycles. The van der Waals surface area contributed by atoms with E-state index in [9.17, 15) is 14.9 Å². The van der Waals surface area contributed by atoms with Gasteiger partial charge >= 0.3 is 0 Å². The van der Waals surface area contributed by atoms with Crippen LogP contribution in [0.5, 0.6) is 0 Å². The third kappa shape index (κ3) is 3.96. The summed E-state index contributed by atoms with van der Waals surface area (Å²) in [4.78, 5) is 29.9. The molecule has 6 heteroatoms. The van der Waals surface area contributed by atoms with Gasteiger partial charge in [0.1, 0.15) is 11.5 Å². The van der Waals surface area contributed by atoms with Crippen LogP contribution in [0.25, 0.3) is 6.08 Å². The second-order valence-corrected chi connectivity index (χ2v) is 6.56.